The van der Waals surface area contributed by atoms with Gasteiger partial charge in [-0.25, -0.2) is 5.32 Å². The number of allylic oxidation sites excluding steroid dienone is 2. The first kappa shape index (κ1) is 9.12. The van der Waals surface area contributed by atoms with Gasteiger partial charge in [-0.3, -0.25) is 0 Å². The fourth-order valence-corrected chi connectivity index (χ4v) is 1.50. The Bertz CT molecular complexity index is 404. The van der Waals surface area contributed by atoms with E-state index in [1.54, 1.807) is 24.3 Å². The second-order valence-corrected chi connectivity index (χ2v) is 3.10. The maximum absolute atomic E-state index is 12.4. The molecule has 1 aromatic rings. The minimum absolute atomic E-state index is 0.202. The molecule has 1 aromatic carbocycles. The predicted octanol–water partition coefficient (Wildman–Crippen LogP) is 3.23. The van der Waals surface area contributed by atoms with Gasteiger partial charge in [0.15, 0.2) is 0 Å². The van der Waals surface area contributed by atoms with Crippen molar-refractivity contribution in [3.05, 3.63) is 35.5 Å². The van der Waals surface area contributed by atoms with Crippen molar-refractivity contribution in [3.63, 3.8) is 0 Å². The Kier molecular flexibility index (Phi) is 1.80. The molecule has 1 aliphatic heterocycles. The summed E-state index contributed by atoms with van der Waals surface area (Å²) in [5, 5.41) is 3.56. The van der Waals surface area contributed by atoms with E-state index in [0.29, 0.717) is 11.3 Å². The van der Waals surface area contributed by atoms with Crippen molar-refractivity contribution in [3.8, 4) is 0 Å². The van der Waals surface area contributed by atoms with E-state index in [1.165, 1.54) is 6.92 Å². The van der Waals surface area contributed by atoms with Gasteiger partial charge < -0.3 is 0 Å². The molecule has 0 saturated heterocycles. The molecular formula is C10H7F3N. The van der Waals surface area contributed by atoms with E-state index < -0.39 is 11.9 Å². The van der Waals surface area contributed by atoms with Crippen molar-refractivity contribution in [1.82, 2.24) is 5.32 Å². The largest absolute Gasteiger partial charge is 0.433 e. The highest BCUT2D eigenvalue weighted by molar-refractivity contribution is 5.81. The Labute approximate surface area is 79.2 Å². The van der Waals surface area contributed by atoms with Gasteiger partial charge in [-0.15, -0.1) is 0 Å². The molecule has 1 heterocycles. The van der Waals surface area contributed by atoms with E-state index in [-0.39, 0.29) is 5.57 Å². The zero-order valence-corrected chi connectivity index (χ0v) is 7.39. The molecule has 1 nitrogen and oxygen atoms in total. The second kappa shape index (κ2) is 2.77. The maximum Gasteiger partial charge on any atom is 0.433 e. The van der Waals surface area contributed by atoms with Gasteiger partial charge in [0.25, 0.3) is 0 Å². The smallest absolute Gasteiger partial charge is 0.243 e. The molecule has 0 atom stereocenters. The monoisotopic (exact) mass is 198 g/mol. The Morgan fingerprint density at radius 3 is 2.36 bits per heavy atom. The van der Waals surface area contributed by atoms with Gasteiger partial charge in [-0.2, -0.15) is 13.2 Å². The Hall–Kier alpha value is -1.45. The predicted molar refractivity (Wildman–Crippen MR) is 46.9 cm³/mol. The number of alkyl halides is 3. The van der Waals surface area contributed by atoms with Gasteiger partial charge >= 0.3 is 6.18 Å². The lowest BCUT2D eigenvalue weighted by Crippen LogP contribution is -2.16. The van der Waals surface area contributed by atoms with Gasteiger partial charge in [-0.1, -0.05) is 18.2 Å². The van der Waals surface area contributed by atoms with Crippen molar-refractivity contribution in [2.45, 2.75) is 13.1 Å². The molecule has 4 heteroatoms. The summed E-state index contributed by atoms with van der Waals surface area (Å²) >= 11 is 0. The zero-order chi connectivity index (χ0) is 10.3. The van der Waals surface area contributed by atoms with Crippen LogP contribution in [0.5, 0.6) is 0 Å². The van der Waals surface area contributed by atoms with Crippen LogP contribution in [0.1, 0.15) is 12.5 Å². The van der Waals surface area contributed by atoms with Gasteiger partial charge in [-0.05, 0) is 18.6 Å². The standard InChI is InChI=1S/C10H7F3N/c1-6-7-4-2-3-5-8(7)14-9(6)10(11,12)13/h2-5H,1H3. The van der Waals surface area contributed by atoms with E-state index in [2.05, 4.69) is 5.32 Å². The van der Waals surface area contributed by atoms with Gasteiger partial charge in [0, 0.05) is 5.56 Å². The quantitative estimate of drug-likeness (QED) is 0.607. The van der Waals surface area contributed by atoms with Crippen molar-refractivity contribution in [2.75, 3.05) is 0 Å². The normalized spacial score (nSPS) is 15.4. The molecular weight excluding hydrogens is 191 g/mol. The summed E-state index contributed by atoms with van der Waals surface area (Å²) < 4.78 is 37.3. The highest BCUT2D eigenvalue weighted by Crippen LogP contribution is 2.40. The molecule has 0 spiro atoms. The molecule has 0 fully saturated rings. The topological polar surface area (TPSA) is 14.1 Å². The minimum atomic E-state index is -4.36. The third kappa shape index (κ3) is 1.27. The van der Waals surface area contributed by atoms with E-state index in [1.807, 2.05) is 0 Å². The first-order valence-corrected chi connectivity index (χ1v) is 4.09. The fourth-order valence-electron chi connectivity index (χ4n) is 1.50. The molecule has 0 bridgehead atoms. The lowest BCUT2D eigenvalue weighted by molar-refractivity contribution is -0.0945. The van der Waals surface area contributed by atoms with Crippen LogP contribution in [0, 0.1) is 0 Å². The molecule has 2 rings (SSSR count). The fraction of sp³-hybridized carbons (Fsp3) is 0.200. The van der Waals surface area contributed by atoms with Crippen LogP contribution in [0.4, 0.5) is 18.9 Å². The number of rotatable bonds is 0. The third-order valence-electron chi connectivity index (χ3n) is 2.16. The lowest BCUT2D eigenvalue weighted by atomic mass is 10.1. The first-order chi connectivity index (χ1) is 6.50. The molecule has 0 N–H and O–H groups in total. The van der Waals surface area contributed by atoms with E-state index in [0.717, 1.165) is 0 Å². The van der Waals surface area contributed by atoms with Gasteiger partial charge in [0.2, 0.25) is 0 Å². The molecule has 0 aromatic heterocycles. The average molecular weight is 198 g/mol. The van der Waals surface area contributed by atoms with Crippen LogP contribution in [-0.4, -0.2) is 6.18 Å². The highest BCUT2D eigenvalue weighted by atomic mass is 19.4. The Balaban J connectivity index is 2.50. The van der Waals surface area contributed by atoms with Crippen LogP contribution in [0.2, 0.25) is 0 Å². The molecule has 0 unspecified atom stereocenters. The van der Waals surface area contributed by atoms with Crippen LogP contribution >= 0.6 is 0 Å². The summed E-state index contributed by atoms with van der Waals surface area (Å²) in [6.07, 6.45) is -4.36. The molecule has 0 aliphatic carbocycles. The number of fused-ring (bicyclic) bond motifs is 1. The van der Waals surface area contributed by atoms with Crippen molar-refractivity contribution in [1.29, 1.82) is 0 Å². The molecule has 14 heavy (non-hydrogen) atoms. The molecule has 1 radical (unpaired) electrons. The Morgan fingerprint density at radius 2 is 1.79 bits per heavy atom. The summed E-state index contributed by atoms with van der Waals surface area (Å²) in [7, 11) is 0. The van der Waals surface area contributed by atoms with Crippen molar-refractivity contribution >= 4 is 11.3 Å². The van der Waals surface area contributed by atoms with Crippen LogP contribution in [0.25, 0.3) is 5.57 Å². The maximum atomic E-state index is 12.4. The summed E-state index contributed by atoms with van der Waals surface area (Å²) in [6.45, 7) is 1.44. The molecule has 0 amide bonds. The molecule has 0 saturated carbocycles. The van der Waals surface area contributed by atoms with Crippen LogP contribution < -0.4 is 5.32 Å². The summed E-state index contributed by atoms with van der Waals surface area (Å²) in [4.78, 5) is 0. The first-order valence-electron chi connectivity index (χ1n) is 4.09. The van der Waals surface area contributed by atoms with Crippen molar-refractivity contribution in [2.24, 2.45) is 0 Å². The minimum Gasteiger partial charge on any atom is -0.243 e. The van der Waals surface area contributed by atoms with E-state index in [9.17, 15) is 13.2 Å². The number of para-hydroxylation sites is 1. The zero-order valence-electron chi connectivity index (χ0n) is 7.39. The third-order valence-corrected chi connectivity index (χ3v) is 2.16. The summed E-state index contributed by atoms with van der Waals surface area (Å²) in [5.41, 5.74) is 0.393. The van der Waals surface area contributed by atoms with Crippen molar-refractivity contribution < 1.29 is 13.2 Å². The van der Waals surface area contributed by atoms with E-state index in [4.69, 9.17) is 0 Å². The molecule has 1 aliphatic rings. The number of hydrogen-bond acceptors (Lipinski definition) is 0. The van der Waals surface area contributed by atoms with Crippen LogP contribution in [0.3, 0.4) is 0 Å². The van der Waals surface area contributed by atoms with E-state index >= 15 is 0 Å². The second-order valence-electron chi connectivity index (χ2n) is 3.10. The van der Waals surface area contributed by atoms with Gasteiger partial charge in [0.1, 0.15) is 5.70 Å². The lowest BCUT2D eigenvalue weighted by Gasteiger charge is -2.07. The van der Waals surface area contributed by atoms with Crippen LogP contribution in [-0.2, 0) is 0 Å². The highest BCUT2D eigenvalue weighted by Gasteiger charge is 2.40. The average Bonchev–Trinajstić information content (AvgIpc) is 2.44. The number of halogens is 3. The van der Waals surface area contributed by atoms with Crippen LogP contribution in [0.15, 0.2) is 30.0 Å². The Morgan fingerprint density at radius 1 is 1.14 bits per heavy atom. The summed E-state index contributed by atoms with van der Waals surface area (Å²) in [6, 6.07) is 6.61. The number of benzene rings is 1. The number of nitrogens with zero attached hydrogens (tertiary/aromatic N) is 1. The number of hydrogen-bond donors (Lipinski definition) is 0. The van der Waals surface area contributed by atoms with Gasteiger partial charge in [0.05, 0.1) is 5.69 Å². The molecule has 73 valence electrons. The SMILES string of the molecule is CC1=C(C(F)(F)F)[N]c2ccccc21. The summed E-state index contributed by atoms with van der Waals surface area (Å²) in [5.74, 6) is 0.